The van der Waals surface area contributed by atoms with Gasteiger partial charge in [0.2, 0.25) is 0 Å². The molecule has 0 aromatic heterocycles. The highest BCUT2D eigenvalue weighted by molar-refractivity contribution is 5.73. The number of carbonyl (C=O) groups excluding carboxylic acids is 1. The van der Waals surface area contributed by atoms with Crippen molar-refractivity contribution in [1.29, 1.82) is 0 Å². The van der Waals surface area contributed by atoms with E-state index in [4.69, 9.17) is 5.11 Å². The number of carbonyl (C=O) groups is 1. The number of hydrogen-bond acceptors (Lipinski definition) is 4. The Balaban J connectivity index is 3.89. The highest BCUT2D eigenvalue weighted by Crippen LogP contribution is 2.64. The van der Waals surface area contributed by atoms with Crippen LogP contribution in [0.4, 0.5) is 57.1 Å². The predicted octanol–water partition coefficient (Wildman–Crippen LogP) is 4.40. The molecule has 1 saturated heterocycles. The molecule has 3 unspecified atom stereocenters. The molecule has 0 aromatic rings. The molecule has 17 heteroatoms. The molecular formula is C14H13F13O4. The molecule has 4 nitrogen and oxygen atoms in total. The summed E-state index contributed by atoms with van der Waals surface area (Å²) >= 11 is 0. The predicted molar refractivity (Wildman–Crippen MR) is 71.0 cm³/mol. The quantitative estimate of drug-likeness (QED) is 0.423. The standard InChI is InChI=1S/C14H13F13O4/c1-3-5(2)6(28)31-8(4-30-13(29,11(8,21)22)14(25,26)27)10(19,20)12(23,24)9(17,18)7(15)16/h5,7,29H,3-4H2,1-2H3. The third-order valence-corrected chi connectivity index (χ3v) is 4.69. The van der Waals surface area contributed by atoms with Crippen LogP contribution >= 0.6 is 0 Å². The molecular weight excluding hydrogens is 479 g/mol. The van der Waals surface area contributed by atoms with Crippen molar-refractivity contribution in [3.63, 3.8) is 0 Å². The lowest BCUT2D eigenvalue weighted by Crippen LogP contribution is -2.76. The Labute approximate surface area is 164 Å². The van der Waals surface area contributed by atoms with Gasteiger partial charge < -0.3 is 14.6 Å². The van der Waals surface area contributed by atoms with Gasteiger partial charge in [0.05, 0.1) is 5.92 Å². The zero-order valence-corrected chi connectivity index (χ0v) is 15.2. The van der Waals surface area contributed by atoms with Crippen molar-refractivity contribution >= 4 is 5.97 Å². The first-order chi connectivity index (χ1) is 13.5. The van der Waals surface area contributed by atoms with Gasteiger partial charge in [-0.1, -0.05) is 13.8 Å². The SMILES string of the molecule is CCC(C)C(=O)OC1(C(F)(F)C(F)(F)C(F)(F)C(F)F)COC(O)(C(F)(F)F)C1(F)F. The molecule has 184 valence electrons. The summed E-state index contributed by atoms with van der Waals surface area (Å²) in [6.07, 6.45) is -12.8. The molecule has 1 aliphatic rings. The van der Waals surface area contributed by atoms with Crippen LogP contribution in [-0.2, 0) is 14.3 Å². The van der Waals surface area contributed by atoms with E-state index in [2.05, 4.69) is 9.47 Å². The lowest BCUT2D eigenvalue weighted by atomic mass is 9.81. The van der Waals surface area contributed by atoms with E-state index in [-0.39, 0.29) is 0 Å². The maximum atomic E-state index is 14.5. The molecule has 0 spiro atoms. The van der Waals surface area contributed by atoms with Crippen molar-refractivity contribution in [1.82, 2.24) is 0 Å². The van der Waals surface area contributed by atoms with Crippen molar-refractivity contribution in [3.05, 3.63) is 0 Å². The van der Waals surface area contributed by atoms with E-state index in [0.29, 0.717) is 0 Å². The summed E-state index contributed by atoms with van der Waals surface area (Å²) in [5.74, 6) is -38.8. The van der Waals surface area contributed by atoms with Crippen LogP contribution in [0.2, 0.25) is 0 Å². The van der Waals surface area contributed by atoms with E-state index in [1.54, 1.807) is 0 Å². The van der Waals surface area contributed by atoms with E-state index in [1.165, 1.54) is 0 Å². The Bertz CT molecular complexity index is 692. The number of rotatable bonds is 7. The van der Waals surface area contributed by atoms with Crippen LogP contribution in [0.3, 0.4) is 0 Å². The van der Waals surface area contributed by atoms with Gasteiger partial charge in [0.1, 0.15) is 6.61 Å². The van der Waals surface area contributed by atoms with Gasteiger partial charge in [0.15, 0.2) is 0 Å². The molecule has 0 aliphatic carbocycles. The second kappa shape index (κ2) is 7.52. The number of aliphatic hydroxyl groups is 1. The molecule has 0 saturated carbocycles. The minimum atomic E-state index is -7.52. The summed E-state index contributed by atoms with van der Waals surface area (Å²) in [7, 11) is 0. The summed E-state index contributed by atoms with van der Waals surface area (Å²) in [5, 5.41) is 9.14. The summed E-state index contributed by atoms with van der Waals surface area (Å²) in [6.45, 7) is -1.30. The van der Waals surface area contributed by atoms with Crippen molar-refractivity contribution in [2.75, 3.05) is 6.61 Å². The zero-order valence-electron chi connectivity index (χ0n) is 15.2. The first-order valence-electron chi connectivity index (χ1n) is 7.97. The van der Waals surface area contributed by atoms with Crippen LogP contribution in [0.25, 0.3) is 0 Å². The molecule has 0 amide bonds. The van der Waals surface area contributed by atoms with E-state index < -0.39 is 72.6 Å². The molecule has 1 heterocycles. The highest BCUT2D eigenvalue weighted by atomic mass is 19.4. The average Bonchev–Trinajstić information content (AvgIpc) is 2.82. The Morgan fingerprint density at radius 3 is 1.84 bits per heavy atom. The molecule has 0 bridgehead atoms. The molecule has 0 radical (unpaired) electrons. The second-order valence-electron chi connectivity index (χ2n) is 6.63. The third-order valence-electron chi connectivity index (χ3n) is 4.69. The largest absolute Gasteiger partial charge is 0.449 e. The van der Waals surface area contributed by atoms with Crippen molar-refractivity contribution in [2.24, 2.45) is 5.92 Å². The topological polar surface area (TPSA) is 55.8 Å². The number of esters is 1. The van der Waals surface area contributed by atoms with Crippen molar-refractivity contribution in [2.45, 2.75) is 67.9 Å². The highest BCUT2D eigenvalue weighted by Gasteiger charge is 2.95. The van der Waals surface area contributed by atoms with Crippen LogP contribution in [0, 0.1) is 5.92 Å². The average molecular weight is 492 g/mol. The maximum Gasteiger partial charge on any atom is 0.449 e. The Hall–Kier alpha value is -1.52. The summed E-state index contributed by atoms with van der Waals surface area (Å²) in [4.78, 5) is 11.8. The zero-order chi connectivity index (χ0) is 25.1. The first kappa shape index (κ1) is 27.5. The molecule has 31 heavy (non-hydrogen) atoms. The Morgan fingerprint density at radius 1 is 1.06 bits per heavy atom. The number of hydrogen-bond donors (Lipinski definition) is 1. The Kier molecular flexibility index (Phi) is 6.67. The van der Waals surface area contributed by atoms with Gasteiger partial charge in [-0.3, -0.25) is 4.79 Å². The fraction of sp³-hybridized carbons (Fsp3) is 0.929. The fourth-order valence-corrected chi connectivity index (χ4v) is 2.41. The van der Waals surface area contributed by atoms with Crippen LogP contribution in [0.15, 0.2) is 0 Å². The van der Waals surface area contributed by atoms with Gasteiger partial charge in [-0.15, -0.1) is 0 Å². The maximum absolute atomic E-state index is 14.5. The smallest absolute Gasteiger partial charge is 0.443 e. The van der Waals surface area contributed by atoms with Crippen LogP contribution in [-0.4, -0.2) is 65.4 Å². The Morgan fingerprint density at radius 2 is 1.52 bits per heavy atom. The lowest BCUT2D eigenvalue weighted by molar-refractivity contribution is -0.432. The molecule has 1 N–H and O–H groups in total. The summed E-state index contributed by atoms with van der Waals surface area (Å²) in [5.41, 5.74) is -5.97. The molecule has 3 atom stereocenters. The molecule has 0 aromatic carbocycles. The minimum Gasteiger partial charge on any atom is -0.443 e. The first-order valence-corrected chi connectivity index (χ1v) is 7.97. The molecule has 1 rings (SSSR count). The summed E-state index contributed by atoms with van der Waals surface area (Å²) < 4.78 is 182. The van der Waals surface area contributed by atoms with Gasteiger partial charge in [-0.25, -0.2) is 8.78 Å². The minimum absolute atomic E-state index is 0.458. The van der Waals surface area contributed by atoms with Gasteiger partial charge in [0, 0.05) is 0 Å². The number of ether oxygens (including phenoxy) is 2. The molecule has 1 aliphatic heterocycles. The van der Waals surface area contributed by atoms with E-state index in [1.807, 2.05) is 0 Å². The number of halogens is 13. The van der Waals surface area contributed by atoms with Gasteiger partial charge in [-0.05, 0) is 6.42 Å². The fourth-order valence-electron chi connectivity index (χ4n) is 2.41. The third kappa shape index (κ3) is 3.41. The van der Waals surface area contributed by atoms with E-state index in [0.717, 1.165) is 13.8 Å². The van der Waals surface area contributed by atoms with Crippen molar-refractivity contribution in [3.8, 4) is 0 Å². The van der Waals surface area contributed by atoms with Crippen LogP contribution in [0.1, 0.15) is 20.3 Å². The van der Waals surface area contributed by atoms with Gasteiger partial charge in [-0.2, -0.15) is 48.3 Å². The summed E-state index contributed by atoms with van der Waals surface area (Å²) in [6, 6.07) is 0. The molecule has 1 fully saturated rings. The lowest BCUT2D eigenvalue weighted by Gasteiger charge is -2.45. The van der Waals surface area contributed by atoms with Crippen LogP contribution < -0.4 is 0 Å². The number of alkyl halides is 13. The van der Waals surface area contributed by atoms with Gasteiger partial charge in [0.25, 0.3) is 5.60 Å². The van der Waals surface area contributed by atoms with Crippen molar-refractivity contribution < 1.29 is 76.5 Å². The second-order valence-corrected chi connectivity index (χ2v) is 6.63. The van der Waals surface area contributed by atoms with E-state index >= 15 is 0 Å². The van der Waals surface area contributed by atoms with Crippen LogP contribution in [0.5, 0.6) is 0 Å². The monoisotopic (exact) mass is 492 g/mol. The normalized spacial score (nSPS) is 28.7. The van der Waals surface area contributed by atoms with Gasteiger partial charge >= 0.3 is 48.0 Å². The van der Waals surface area contributed by atoms with E-state index in [9.17, 15) is 61.9 Å².